The minimum absolute atomic E-state index is 0.0555. The summed E-state index contributed by atoms with van der Waals surface area (Å²) in [6.07, 6.45) is -1.59. The molecule has 2 aromatic heterocycles. The Bertz CT molecular complexity index is 1440. The van der Waals surface area contributed by atoms with Crippen LogP contribution >= 0.6 is 31.9 Å². The van der Waals surface area contributed by atoms with E-state index in [4.69, 9.17) is 13.6 Å². The van der Waals surface area contributed by atoms with E-state index in [1.807, 2.05) is 0 Å². The van der Waals surface area contributed by atoms with Crippen LogP contribution in [0.4, 0.5) is 0 Å². The van der Waals surface area contributed by atoms with Crippen molar-refractivity contribution in [2.24, 2.45) is 0 Å². The lowest BCUT2D eigenvalue weighted by atomic mass is 9.92. The largest absolute Gasteiger partial charge is 0.507 e. The molecule has 29 heavy (non-hydrogen) atoms. The number of aliphatic hydroxyl groups is 1. The molecule has 0 saturated carbocycles. The van der Waals surface area contributed by atoms with Gasteiger partial charge in [0.15, 0.2) is 0 Å². The lowest BCUT2D eigenvalue weighted by molar-refractivity contribution is -0.00987. The molecule has 9 heteroatoms. The lowest BCUT2D eigenvalue weighted by Crippen LogP contribution is -2.26. The summed E-state index contributed by atoms with van der Waals surface area (Å²) in [6.45, 7) is 0. The van der Waals surface area contributed by atoms with Gasteiger partial charge >= 0.3 is 11.3 Å². The first-order chi connectivity index (χ1) is 13.8. The van der Waals surface area contributed by atoms with E-state index in [1.165, 1.54) is 6.07 Å². The fourth-order valence-electron chi connectivity index (χ4n) is 3.62. The molecule has 0 bridgehead atoms. The van der Waals surface area contributed by atoms with Gasteiger partial charge < -0.3 is 23.8 Å². The molecule has 2 unspecified atom stereocenters. The minimum Gasteiger partial charge on any atom is -0.507 e. The molecule has 0 fully saturated rings. The molecule has 0 amide bonds. The monoisotopic (exact) mass is 520 g/mol. The van der Waals surface area contributed by atoms with Gasteiger partial charge in [0.05, 0.1) is 27.8 Å². The molecule has 3 heterocycles. The normalized spacial score (nSPS) is 18.2. The molecule has 0 spiro atoms. The van der Waals surface area contributed by atoms with Gasteiger partial charge in [0, 0.05) is 8.95 Å². The SMILES string of the molecule is O=c1oc2ccc(Br)cc2c(O)c1C1c2c(c3cc(Br)ccc3oc2=O)OC1O. The Balaban J connectivity index is 1.84. The topological polar surface area (TPSA) is 110 Å². The Morgan fingerprint density at radius 2 is 1.38 bits per heavy atom. The molecule has 5 rings (SSSR count). The zero-order chi connectivity index (χ0) is 20.4. The number of hydrogen-bond donors (Lipinski definition) is 2. The van der Waals surface area contributed by atoms with Crippen LogP contribution < -0.4 is 16.0 Å². The van der Waals surface area contributed by atoms with Gasteiger partial charge in [0.25, 0.3) is 0 Å². The van der Waals surface area contributed by atoms with Gasteiger partial charge in [-0.05, 0) is 36.4 Å². The second kappa shape index (κ2) is 6.45. The van der Waals surface area contributed by atoms with Gasteiger partial charge in [-0.3, -0.25) is 0 Å². The van der Waals surface area contributed by atoms with Gasteiger partial charge in [-0.25, -0.2) is 9.59 Å². The number of hydrogen-bond acceptors (Lipinski definition) is 7. The van der Waals surface area contributed by atoms with Crippen LogP contribution in [0.3, 0.4) is 0 Å². The van der Waals surface area contributed by atoms with Crippen molar-refractivity contribution in [3.63, 3.8) is 0 Å². The predicted molar refractivity (Wildman–Crippen MR) is 111 cm³/mol. The van der Waals surface area contributed by atoms with Gasteiger partial charge in [0.1, 0.15) is 22.7 Å². The molecule has 1 aliphatic rings. The summed E-state index contributed by atoms with van der Waals surface area (Å²) >= 11 is 6.65. The summed E-state index contributed by atoms with van der Waals surface area (Å²) in [7, 11) is 0. The molecule has 1 aliphatic heterocycles. The molecule has 0 aliphatic carbocycles. The van der Waals surface area contributed by atoms with Crippen molar-refractivity contribution < 1.29 is 23.8 Å². The molecule has 2 aromatic carbocycles. The van der Waals surface area contributed by atoms with Crippen molar-refractivity contribution in [3.8, 4) is 11.5 Å². The molecule has 0 radical (unpaired) electrons. The Hall–Kier alpha value is -2.62. The predicted octanol–water partition coefficient (Wildman–Crippen LogP) is 3.97. The molecule has 2 N–H and O–H groups in total. The van der Waals surface area contributed by atoms with Crippen molar-refractivity contribution in [2.75, 3.05) is 0 Å². The van der Waals surface area contributed by atoms with E-state index < -0.39 is 29.2 Å². The quantitative estimate of drug-likeness (QED) is 0.364. The number of aliphatic hydroxyl groups excluding tert-OH is 1. The summed E-state index contributed by atoms with van der Waals surface area (Å²) in [4.78, 5) is 25.4. The van der Waals surface area contributed by atoms with E-state index in [2.05, 4.69) is 31.9 Å². The maximum atomic E-state index is 12.7. The zero-order valence-electron chi connectivity index (χ0n) is 14.3. The van der Waals surface area contributed by atoms with Gasteiger partial charge in [-0.2, -0.15) is 0 Å². The van der Waals surface area contributed by atoms with E-state index in [-0.39, 0.29) is 33.4 Å². The second-order valence-corrected chi connectivity index (χ2v) is 8.38. The van der Waals surface area contributed by atoms with E-state index in [0.29, 0.717) is 14.3 Å². The van der Waals surface area contributed by atoms with Gasteiger partial charge in [-0.1, -0.05) is 31.9 Å². The van der Waals surface area contributed by atoms with Crippen LogP contribution in [0.25, 0.3) is 21.9 Å². The van der Waals surface area contributed by atoms with Crippen molar-refractivity contribution in [3.05, 3.63) is 77.3 Å². The third-order valence-corrected chi connectivity index (χ3v) is 5.86. The van der Waals surface area contributed by atoms with E-state index >= 15 is 0 Å². The van der Waals surface area contributed by atoms with Crippen LogP contribution in [0.15, 0.2) is 63.8 Å². The highest BCUT2D eigenvalue weighted by Crippen LogP contribution is 2.46. The molecule has 4 aromatic rings. The Morgan fingerprint density at radius 3 is 2.03 bits per heavy atom. The number of halogens is 2. The van der Waals surface area contributed by atoms with Crippen molar-refractivity contribution in [1.29, 1.82) is 0 Å². The Morgan fingerprint density at radius 1 is 0.828 bits per heavy atom. The highest BCUT2D eigenvalue weighted by atomic mass is 79.9. The zero-order valence-corrected chi connectivity index (χ0v) is 17.5. The Kier molecular flexibility index (Phi) is 4.09. The van der Waals surface area contributed by atoms with Gasteiger partial charge in [-0.15, -0.1) is 0 Å². The van der Waals surface area contributed by atoms with Crippen LogP contribution in [-0.2, 0) is 0 Å². The van der Waals surface area contributed by atoms with Crippen molar-refractivity contribution in [2.45, 2.75) is 12.2 Å². The smallest absolute Gasteiger partial charge is 0.344 e. The van der Waals surface area contributed by atoms with Gasteiger partial charge in [0.2, 0.25) is 6.29 Å². The first-order valence-corrected chi connectivity index (χ1v) is 10.00. The lowest BCUT2D eigenvalue weighted by Gasteiger charge is -2.14. The molecule has 7 nitrogen and oxygen atoms in total. The number of rotatable bonds is 1. The molecule has 0 saturated heterocycles. The first kappa shape index (κ1) is 18.4. The van der Waals surface area contributed by atoms with Crippen LogP contribution in [0, 0.1) is 0 Å². The summed E-state index contributed by atoms with van der Waals surface area (Å²) in [5.41, 5.74) is -1.55. The molecular formula is C20H10Br2O7. The highest BCUT2D eigenvalue weighted by molar-refractivity contribution is 9.10. The fourth-order valence-corrected chi connectivity index (χ4v) is 4.34. The van der Waals surface area contributed by atoms with Crippen LogP contribution in [0.1, 0.15) is 17.0 Å². The summed E-state index contributed by atoms with van der Waals surface area (Å²) in [5.74, 6) is -1.57. The number of benzene rings is 2. The second-order valence-electron chi connectivity index (χ2n) is 6.55. The first-order valence-electron chi connectivity index (χ1n) is 8.41. The van der Waals surface area contributed by atoms with Crippen LogP contribution in [0.5, 0.6) is 11.5 Å². The molecule has 146 valence electrons. The van der Waals surface area contributed by atoms with Crippen molar-refractivity contribution in [1.82, 2.24) is 0 Å². The summed E-state index contributed by atoms with van der Waals surface area (Å²) in [5, 5.41) is 22.1. The minimum atomic E-state index is -1.59. The average Bonchev–Trinajstić information content (AvgIpc) is 3.01. The van der Waals surface area contributed by atoms with Crippen molar-refractivity contribution >= 4 is 53.8 Å². The van der Waals surface area contributed by atoms with E-state index in [9.17, 15) is 19.8 Å². The summed E-state index contributed by atoms with van der Waals surface area (Å²) in [6, 6.07) is 9.71. The summed E-state index contributed by atoms with van der Waals surface area (Å²) < 4.78 is 17.6. The highest BCUT2D eigenvalue weighted by Gasteiger charge is 2.43. The third-order valence-electron chi connectivity index (χ3n) is 4.87. The number of fused-ring (bicyclic) bond motifs is 4. The number of ether oxygens (including phenoxy) is 1. The maximum absolute atomic E-state index is 12.7. The number of aromatic hydroxyl groups is 1. The third kappa shape index (κ3) is 2.72. The standard InChI is InChI=1S/C20H10Br2O7/c21-7-1-3-11-9(5-7)16(23)14(19(25)27-11)13-15-17(29-18(13)24)10-6-8(22)2-4-12(10)28-20(15)26/h1-6,13,18,23-24H. The molecule has 2 atom stereocenters. The van der Waals surface area contributed by atoms with Crippen LogP contribution in [0.2, 0.25) is 0 Å². The van der Waals surface area contributed by atoms with Crippen LogP contribution in [-0.4, -0.2) is 16.5 Å². The Labute approximate surface area is 178 Å². The van der Waals surface area contributed by atoms with E-state index in [0.717, 1.165) is 0 Å². The van der Waals surface area contributed by atoms with E-state index in [1.54, 1.807) is 30.3 Å². The molecular weight excluding hydrogens is 512 g/mol. The average molecular weight is 522 g/mol. The maximum Gasteiger partial charge on any atom is 0.344 e. The fraction of sp³-hybridized carbons (Fsp3) is 0.100.